The molecule has 0 spiro atoms. The molecule has 2 heterocycles. The molecule has 0 unspecified atom stereocenters. The molecule has 1 aromatic carbocycles. The lowest BCUT2D eigenvalue weighted by Crippen LogP contribution is -2.49. The van der Waals surface area contributed by atoms with Crippen LogP contribution in [0.15, 0.2) is 41.4 Å². The summed E-state index contributed by atoms with van der Waals surface area (Å²) >= 11 is 5.67. The molecule has 11 heteroatoms. The van der Waals surface area contributed by atoms with Gasteiger partial charge in [0.2, 0.25) is 15.8 Å². The maximum atomic E-state index is 13.3. The molecule has 1 saturated heterocycles. The largest absolute Gasteiger partial charge is 0.348 e. The summed E-state index contributed by atoms with van der Waals surface area (Å²) in [4.78, 5) is 16.2. The molecule has 8 nitrogen and oxygen atoms in total. The number of nitro groups is 1. The molecule has 1 aromatic heterocycles. The normalized spacial score (nSPS) is 15.8. The zero-order chi connectivity index (χ0) is 18.9. The number of hydrogen-bond donors (Lipinski definition) is 0. The lowest BCUT2D eigenvalue weighted by Gasteiger charge is -2.34. The van der Waals surface area contributed by atoms with E-state index in [1.54, 1.807) is 4.90 Å². The second-order valence-electron chi connectivity index (χ2n) is 5.57. The van der Waals surface area contributed by atoms with E-state index >= 15 is 0 Å². The van der Waals surface area contributed by atoms with Crippen molar-refractivity contribution in [3.8, 4) is 0 Å². The Labute approximate surface area is 154 Å². The molecule has 0 amide bonds. The summed E-state index contributed by atoms with van der Waals surface area (Å²) in [6, 6.07) is 6.06. The van der Waals surface area contributed by atoms with Crippen molar-refractivity contribution >= 4 is 33.1 Å². The molecule has 138 valence electrons. The van der Waals surface area contributed by atoms with Gasteiger partial charge in [0.1, 0.15) is 5.82 Å². The van der Waals surface area contributed by atoms with Gasteiger partial charge < -0.3 is 4.90 Å². The Morgan fingerprint density at radius 3 is 2.50 bits per heavy atom. The number of pyridine rings is 1. The zero-order valence-electron chi connectivity index (χ0n) is 13.4. The minimum atomic E-state index is -3.83. The van der Waals surface area contributed by atoms with Gasteiger partial charge >= 0.3 is 5.69 Å². The molecule has 2 aromatic rings. The van der Waals surface area contributed by atoms with Gasteiger partial charge in [-0.1, -0.05) is 11.6 Å². The molecule has 1 aliphatic heterocycles. The molecule has 0 aliphatic carbocycles. The van der Waals surface area contributed by atoms with Gasteiger partial charge in [0.25, 0.3) is 0 Å². The van der Waals surface area contributed by atoms with Crippen molar-refractivity contribution in [3.63, 3.8) is 0 Å². The number of nitrogens with zero attached hydrogens (tertiary/aromatic N) is 4. The monoisotopic (exact) mass is 400 g/mol. The number of benzene rings is 1. The highest BCUT2D eigenvalue weighted by molar-refractivity contribution is 7.89. The highest BCUT2D eigenvalue weighted by atomic mass is 35.5. The van der Waals surface area contributed by atoms with E-state index in [9.17, 15) is 22.9 Å². The average Bonchev–Trinajstić information content (AvgIpc) is 2.64. The summed E-state index contributed by atoms with van der Waals surface area (Å²) in [5.41, 5.74) is -0.130. The molecule has 3 rings (SSSR count). The van der Waals surface area contributed by atoms with Crippen molar-refractivity contribution < 1.29 is 17.7 Å². The predicted molar refractivity (Wildman–Crippen MR) is 93.3 cm³/mol. The molecular formula is C15H14ClFN4O4S. The molecule has 26 heavy (non-hydrogen) atoms. The van der Waals surface area contributed by atoms with Crippen LogP contribution in [0.1, 0.15) is 0 Å². The van der Waals surface area contributed by atoms with Crippen molar-refractivity contribution in [1.29, 1.82) is 0 Å². The molecule has 0 atom stereocenters. The number of sulfonamides is 1. The molecule has 1 fully saturated rings. The fraction of sp³-hybridized carbons (Fsp3) is 0.267. The summed E-state index contributed by atoms with van der Waals surface area (Å²) in [5.74, 6) is -0.489. The third-order valence-corrected chi connectivity index (χ3v) is 6.21. The van der Waals surface area contributed by atoms with E-state index in [2.05, 4.69) is 4.98 Å². The van der Waals surface area contributed by atoms with Crippen LogP contribution in [0, 0.1) is 15.9 Å². The number of piperazine rings is 1. The Hall–Kier alpha value is -2.30. The van der Waals surface area contributed by atoms with Gasteiger partial charge in [0.15, 0.2) is 0 Å². The van der Waals surface area contributed by atoms with Crippen molar-refractivity contribution in [2.24, 2.45) is 0 Å². The summed E-state index contributed by atoms with van der Waals surface area (Å²) in [5, 5.41) is 10.9. The van der Waals surface area contributed by atoms with Crippen molar-refractivity contribution in [1.82, 2.24) is 9.29 Å². The Bertz CT molecular complexity index is 948. The van der Waals surface area contributed by atoms with Crippen molar-refractivity contribution in [2.75, 3.05) is 31.1 Å². The Balaban J connectivity index is 1.78. The average molecular weight is 401 g/mol. The number of halogens is 2. The second-order valence-corrected chi connectivity index (χ2v) is 7.92. The van der Waals surface area contributed by atoms with E-state index in [1.807, 2.05) is 0 Å². The summed E-state index contributed by atoms with van der Waals surface area (Å²) in [6.45, 7) is 0.716. The molecule has 0 saturated carbocycles. The highest BCUT2D eigenvalue weighted by Crippen LogP contribution is 2.28. The molecule has 0 radical (unpaired) electrons. The maximum Gasteiger partial charge on any atom is 0.311 e. The first-order valence-corrected chi connectivity index (χ1v) is 9.42. The number of hydrogen-bond acceptors (Lipinski definition) is 6. The van der Waals surface area contributed by atoms with Gasteiger partial charge in [0.05, 0.1) is 14.8 Å². The standard InChI is InChI=1S/C15H14ClFN4O4S/c16-12-10-11(3-4-13(12)17)26(24,25)20-8-6-19(7-9-20)15-14(21(22)23)2-1-5-18-15/h1-5,10H,6-9H2. The van der Waals surface area contributed by atoms with Gasteiger partial charge in [-0.25, -0.2) is 17.8 Å². The Kier molecular flexibility index (Phi) is 5.08. The van der Waals surface area contributed by atoms with E-state index < -0.39 is 20.8 Å². The molecule has 0 N–H and O–H groups in total. The van der Waals surface area contributed by atoms with Crippen LogP contribution in [0.25, 0.3) is 0 Å². The summed E-state index contributed by atoms with van der Waals surface area (Å²) in [6.07, 6.45) is 1.45. The first-order valence-electron chi connectivity index (χ1n) is 7.60. The van der Waals surface area contributed by atoms with Gasteiger partial charge in [-0.05, 0) is 24.3 Å². The molecule has 1 aliphatic rings. The van der Waals surface area contributed by atoms with Crippen molar-refractivity contribution in [2.45, 2.75) is 4.90 Å². The van der Waals surface area contributed by atoms with Gasteiger partial charge in [-0.15, -0.1) is 0 Å². The molecular weight excluding hydrogens is 387 g/mol. The third-order valence-electron chi connectivity index (χ3n) is 4.03. The van der Waals surface area contributed by atoms with Crippen LogP contribution in [-0.2, 0) is 10.0 Å². The first kappa shape index (κ1) is 18.5. The highest BCUT2D eigenvalue weighted by Gasteiger charge is 2.31. The lowest BCUT2D eigenvalue weighted by atomic mass is 10.3. The number of anilines is 1. The van der Waals surface area contributed by atoms with Gasteiger partial charge in [0, 0.05) is 38.4 Å². The van der Waals surface area contributed by atoms with Crippen LogP contribution >= 0.6 is 11.6 Å². The SMILES string of the molecule is O=[N+]([O-])c1cccnc1N1CCN(S(=O)(=O)c2ccc(F)c(Cl)c2)CC1. The summed E-state index contributed by atoms with van der Waals surface area (Å²) in [7, 11) is -3.83. The van der Waals surface area contributed by atoms with Crippen LogP contribution in [0.5, 0.6) is 0 Å². The third kappa shape index (κ3) is 3.48. The quantitative estimate of drug-likeness (QED) is 0.577. The smallest absolute Gasteiger partial charge is 0.311 e. The second kappa shape index (κ2) is 7.14. The Morgan fingerprint density at radius 2 is 1.88 bits per heavy atom. The predicted octanol–water partition coefficient (Wildman–Crippen LogP) is 2.29. The zero-order valence-corrected chi connectivity index (χ0v) is 15.0. The molecule has 0 bridgehead atoms. The van der Waals surface area contributed by atoms with E-state index in [1.165, 1.54) is 22.6 Å². The number of rotatable bonds is 4. The van der Waals surface area contributed by atoms with Crippen LogP contribution in [0.4, 0.5) is 15.9 Å². The van der Waals surface area contributed by atoms with E-state index in [0.29, 0.717) is 0 Å². The number of aromatic nitrogens is 1. The maximum absolute atomic E-state index is 13.3. The van der Waals surface area contributed by atoms with Crippen LogP contribution < -0.4 is 4.90 Å². The Morgan fingerprint density at radius 1 is 1.19 bits per heavy atom. The minimum absolute atomic E-state index is 0.0961. The van der Waals surface area contributed by atoms with Crippen LogP contribution in [0.2, 0.25) is 5.02 Å². The minimum Gasteiger partial charge on any atom is -0.348 e. The fourth-order valence-corrected chi connectivity index (χ4v) is 4.40. The van der Waals surface area contributed by atoms with Crippen LogP contribution in [0.3, 0.4) is 0 Å². The van der Waals surface area contributed by atoms with Gasteiger partial charge in [-0.3, -0.25) is 10.1 Å². The first-order chi connectivity index (χ1) is 12.3. The van der Waals surface area contributed by atoms with Crippen molar-refractivity contribution in [3.05, 3.63) is 57.5 Å². The lowest BCUT2D eigenvalue weighted by molar-refractivity contribution is -0.384. The van der Waals surface area contributed by atoms with Gasteiger partial charge in [-0.2, -0.15) is 4.31 Å². The fourth-order valence-electron chi connectivity index (χ4n) is 2.70. The van der Waals surface area contributed by atoms with E-state index in [0.717, 1.165) is 18.2 Å². The van der Waals surface area contributed by atoms with Crippen LogP contribution in [-0.4, -0.2) is 48.8 Å². The van der Waals surface area contributed by atoms with E-state index in [-0.39, 0.29) is 47.6 Å². The summed E-state index contributed by atoms with van der Waals surface area (Å²) < 4.78 is 39.8. The van der Waals surface area contributed by atoms with E-state index in [4.69, 9.17) is 11.6 Å². The topological polar surface area (TPSA) is 96.7 Å².